The highest BCUT2D eigenvalue weighted by Gasteiger charge is 2.18. The molecular weight excluding hydrogens is 398 g/mol. The molecule has 0 aliphatic heterocycles. The Morgan fingerprint density at radius 3 is 2.69 bits per heavy atom. The summed E-state index contributed by atoms with van der Waals surface area (Å²) < 4.78 is 6.34. The highest BCUT2D eigenvalue weighted by atomic mass is 79.9. The van der Waals surface area contributed by atoms with Gasteiger partial charge in [0.15, 0.2) is 0 Å². The first kappa shape index (κ1) is 18.4. The maximum Gasteiger partial charge on any atom is 0.274 e. The molecule has 0 spiro atoms. The first-order valence-corrected chi connectivity index (χ1v) is 9.18. The number of hydrogen-bond donors (Lipinski definition) is 0. The van der Waals surface area contributed by atoms with E-state index < -0.39 is 0 Å². The fourth-order valence-corrected chi connectivity index (χ4v) is 3.24. The highest BCUT2D eigenvalue weighted by molar-refractivity contribution is 9.10. The quantitative estimate of drug-likeness (QED) is 0.614. The van der Waals surface area contributed by atoms with E-state index in [-0.39, 0.29) is 5.91 Å². The van der Waals surface area contributed by atoms with E-state index in [0.29, 0.717) is 18.9 Å². The van der Waals surface area contributed by atoms with Crippen molar-refractivity contribution < 1.29 is 4.79 Å². The van der Waals surface area contributed by atoms with Crippen LogP contribution in [0.15, 0.2) is 29.0 Å². The van der Waals surface area contributed by atoms with Crippen molar-refractivity contribution in [1.82, 2.24) is 34.2 Å². The number of carbonyl (C=O) groups is 1. The lowest BCUT2D eigenvalue weighted by atomic mass is 10.3. The van der Waals surface area contributed by atoms with Crippen LogP contribution in [0.5, 0.6) is 0 Å². The summed E-state index contributed by atoms with van der Waals surface area (Å²) in [6, 6.07) is 3.74. The van der Waals surface area contributed by atoms with Crippen LogP contribution in [0.2, 0.25) is 0 Å². The molecule has 3 rings (SSSR count). The van der Waals surface area contributed by atoms with Gasteiger partial charge in [0.25, 0.3) is 5.91 Å². The van der Waals surface area contributed by atoms with E-state index in [9.17, 15) is 4.79 Å². The molecule has 0 radical (unpaired) electrons. The Kier molecular flexibility index (Phi) is 5.26. The number of hydrogen-bond acceptors (Lipinski definition) is 4. The molecule has 0 aromatic carbocycles. The molecule has 0 saturated carbocycles. The summed E-state index contributed by atoms with van der Waals surface area (Å²) >= 11 is 3.49. The molecule has 0 atom stereocenters. The van der Waals surface area contributed by atoms with Crippen molar-refractivity contribution in [3.8, 4) is 0 Å². The van der Waals surface area contributed by atoms with Gasteiger partial charge in [-0.15, -0.1) is 0 Å². The SMILES string of the molecule is CCn1ncc(Br)c1CN(C)C(=O)c1ccn(Cn2nc(C)cc2C)n1. The van der Waals surface area contributed by atoms with E-state index in [1.165, 1.54) is 0 Å². The molecule has 0 saturated heterocycles. The van der Waals surface area contributed by atoms with Crippen molar-refractivity contribution in [2.24, 2.45) is 0 Å². The standard InChI is InChI=1S/C17H22BrN7O/c1-5-24-16(14(18)9-19-24)10-22(4)17(26)15-6-7-23(21-15)11-25-13(3)8-12(2)20-25/h6-9H,5,10-11H2,1-4H3. The fraction of sp³-hybridized carbons (Fsp3) is 0.412. The van der Waals surface area contributed by atoms with Gasteiger partial charge < -0.3 is 4.90 Å². The Hall–Kier alpha value is -2.42. The van der Waals surface area contributed by atoms with Gasteiger partial charge in [-0.2, -0.15) is 15.3 Å². The molecular formula is C17H22BrN7O. The number of halogens is 1. The maximum absolute atomic E-state index is 12.7. The minimum atomic E-state index is -0.132. The van der Waals surface area contributed by atoms with Crippen LogP contribution in [-0.4, -0.2) is 47.2 Å². The van der Waals surface area contributed by atoms with E-state index in [4.69, 9.17) is 0 Å². The summed E-state index contributed by atoms with van der Waals surface area (Å²) in [4.78, 5) is 14.3. The predicted octanol–water partition coefficient (Wildman–Crippen LogP) is 2.45. The Balaban J connectivity index is 1.71. The van der Waals surface area contributed by atoms with Crippen LogP contribution >= 0.6 is 15.9 Å². The zero-order valence-corrected chi connectivity index (χ0v) is 16.9. The van der Waals surface area contributed by atoms with Crippen LogP contribution in [0.25, 0.3) is 0 Å². The van der Waals surface area contributed by atoms with Gasteiger partial charge in [-0.1, -0.05) is 0 Å². The third-order valence-electron chi connectivity index (χ3n) is 4.17. The molecule has 138 valence electrons. The molecule has 0 unspecified atom stereocenters. The van der Waals surface area contributed by atoms with E-state index >= 15 is 0 Å². The summed E-state index contributed by atoms with van der Waals surface area (Å²) in [6.45, 7) is 7.65. The molecule has 0 N–H and O–H groups in total. The topological polar surface area (TPSA) is 73.8 Å². The number of carbonyl (C=O) groups excluding carboxylic acids is 1. The normalized spacial score (nSPS) is 11.1. The third kappa shape index (κ3) is 3.72. The van der Waals surface area contributed by atoms with Crippen LogP contribution < -0.4 is 0 Å². The predicted molar refractivity (Wildman–Crippen MR) is 101 cm³/mol. The minimum absolute atomic E-state index is 0.132. The smallest absolute Gasteiger partial charge is 0.274 e. The van der Waals surface area contributed by atoms with Crippen LogP contribution in [0.1, 0.15) is 34.5 Å². The number of aryl methyl sites for hydroxylation is 3. The molecule has 0 aliphatic rings. The van der Waals surface area contributed by atoms with E-state index in [1.807, 2.05) is 36.2 Å². The average Bonchev–Trinajstić information content (AvgIpc) is 3.28. The first-order valence-electron chi connectivity index (χ1n) is 8.39. The number of nitrogens with zero attached hydrogens (tertiary/aromatic N) is 7. The van der Waals surface area contributed by atoms with Crippen molar-refractivity contribution in [1.29, 1.82) is 0 Å². The average molecular weight is 420 g/mol. The maximum atomic E-state index is 12.7. The molecule has 26 heavy (non-hydrogen) atoms. The second-order valence-electron chi connectivity index (χ2n) is 6.22. The third-order valence-corrected chi connectivity index (χ3v) is 4.84. The molecule has 1 amide bonds. The van der Waals surface area contributed by atoms with Crippen molar-refractivity contribution in [2.45, 2.75) is 40.5 Å². The fourth-order valence-electron chi connectivity index (χ4n) is 2.82. The second kappa shape index (κ2) is 7.45. The van der Waals surface area contributed by atoms with Crippen LogP contribution in [0, 0.1) is 13.8 Å². The monoisotopic (exact) mass is 419 g/mol. The summed E-state index contributed by atoms with van der Waals surface area (Å²) in [5, 5.41) is 13.1. The molecule has 0 bridgehead atoms. The largest absolute Gasteiger partial charge is 0.334 e. The summed E-state index contributed by atoms with van der Waals surface area (Å²) in [5.41, 5.74) is 3.39. The molecule has 8 nitrogen and oxygen atoms in total. The lowest BCUT2D eigenvalue weighted by Crippen LogP contribution is -2.28. The molecule has 9 heteroatoms. The second-order valence-corrected chi connectivity index (χ2v) is 7.08. The number of aromatic nitrogens is 6. The summed E-state index contributed by atoms with van der Waals surface area (Å²) in [6.07, 6.45) is 3.55. The molecule has 3 aromatic rings. The Bertz CT molecular complexity index is 924. The molecule has 3 heterocycles. The van der Waals surface area contributed by atoms with Crippen LogP contribution in [-0.2, 0) is 19.8 Å². The van der Waals surface area contributed by atoms with E-state index in [0.717, 1.165) is 28.1 Å². The Morgan fingerprint density at radius 1 is 1.27 bits per heavy atom. The molecule has 0 aliphatic carbocycles. The van der Waals surface area contributed by atoms with E-state index in [1.54, 1.807) is 35.1 Å². The van der Waals surface area contributed by atoms with Crippen LogP contribution in [0.3, 0.4) is 0 Å². The lowest BCUT2D eigenvalue weighted by molar-refractivity contribution is 0.0774. The van der Waals surface area contributed by atoms with Crippen molar-refractivity contribution in [3.63, 3.8) is 0 Å². The van der Waals surface area contributed by atoms with Gasteiger partial charge in [-0.05, 0) is 48.8 Å². The van der Waals surface area contributed by atoms with Gasteiger partial charge in [-0.3, -0.25) is 14.2 Å². The van der Waals surface area contributed by atoms with Gasteiger partial charge in [-0.25, -0.2) is 4.68 Å². The number of amides is 1. The highest BCUT2D eigenvalue weighted by Crippen LogP contribution is 2.18. The van der Waals surface area contributed by atoms with Crippen molar-refractivity contribution in [2.75, 3.05) is 7.05 Å². The van der Waals surface area contributed by atoms with Gasteiger partial charge in [0.1, 0.15) is 12.4 Å². The van der Waals surface area contributed by atoms with Gasteiger partial charge >= 0.3 is 0 Å². The molecule has 0 fully saturated rings. The Labute approximate surface area is 160 Å². The van der Waals surface area contributed by atoms with Gasteiger partial charge in [0, 0.05) is 25.5 Å². The van der Waals surface area contributed by atoms with Crippen LogP contribution in [0.4, 0.5) is 0 Å². The minimum Gasteiger partial charge on any atom is -0.334 e. The summed E-state index contributed by atoms with van der Waals surface area (Å²) in [5.74, 6) is -0.132. The van der Waals surface area contributed by atoms with Gasteiger partial charge in [0.2, 0.25) is 0 Å². The van der Waals surface area contributed by atoms with Gasteiger partial charge in [0.05, 0.1) is 28.6 Å². The zero-order chi connectivity index (χ0) is 18.8. The van der Waals surface area contributed by atoms with E-state index in [2.05, 4.69) is 31.2 Å². The lowest BCUT2D eigenvalue weighted by Gasteiger charge is -2.17. The Morgan fingerprint density at radius 2 is 2.04 bits per heavy atom. The van der Waals surface area contributed by atoms with Crippen molar-refractivity contribution >= 4 is 21.8 Å². The first-order chi connectivity index (χ1) is 12.4. The number of rotatable bonds is 6. The van der Waals surface area contributed by atoms with Crippen molar-refractivity contribution in [3.05, 3.63) is 51.8 Å². The molecule has 3 aromatic heterocycles. The summed E-state index contributed by atoms with van der Waals surface area (Å²) in [7, 11) is 1.77. The zero-order valence-electron chi connectivity index (χ0n) is 15.3.